The van der Waals surface area contributed by atoms with Crippen molar-refractivity contribution in [3.63, 3.8) is 0 Å². The standard InChI is InChI=1S/C28H52N2O9Si2.C15H32O4Si2.C6H12O2.C5H12O2.C4H10O/c1-21(2)25(32)36-12-10-11-24(31)19-40(6,7)39-41(8,9)20-38-26(33)29-18-22-15-23(17-28(3,4)16-22)30-27(34)37-14-13-35-5;1-14(2)15(17)13-18-10-8-12-21(5,6)19-20(3,4)11-7-9-16;1-6(7)4-3-5-8-2;1-3-5(6)4-7-2;1-3-4-5-2/h22-23H,1,10-20H2,2-9H3,(H,29,33)(H,30,34);16H,1,7-13H2,2-6H3;3-5H2,1-2H3;5-6H,3-4H2,1-2H3;3-4H2,1-2H3. The number of esters is 1. The molecular weight excluding hydrogens is 1120 g/mol. The van der Waals surface area contributed by atoms with Gasteiger partial charge in [0.1, 0.15) is 31.0 Å². The number of hydrogen-bond donors (Lipinski definition) is 4. The van der Waals surface area contributed by atoms with E-state index in [9.17, 15) is 28.8 Å². The maximum absolute atomic E-state index is 12.5. The van der Waals surface area contributed by atoms with Gasteiger partial charge in [-0.15, -0.1) is 0 Å². The van der Waals surface area contributed by atoms with Crippen LogP contribution in [-0.4, -0.2) is 192 Å². The van der Waals surface area contributed by atoms with Gasteiger partial charge in [-0.05, 0) is 160 Å². The first-order chi connectivity index (χ1) is 38.0. The second-order valence-electron chi connectivity index (χ2n) is 24.1. The zero-order valence-electron chi connectivity index (χ0n) is 54.8. The molecule has 484 valence electrons. The van der Waals surface area contributed by atoms with Gasteiger partial charge < -0.3 is 71.8 Å². The molecule has 0 saturated heterocycles. The summed E-state index contributed by atoms with van der Waals surface area (Å²) in [5, 5.41) is 23.5. The number of Topliss-reactive ketones (excluding diaryl/α,β-unsaturated/α-hetero) is 3. The van der Waals surface area contributed by atoms with Crippen molar-refractivity contribution in [3.05, 3.63) is 24.3 Å². The molecule has 2 amide bonds. The number of nitrogens with one attached hydrogen (secondary N) is 2. The Morgan fingerprint density at radius 1 is 0.646 bits per heavy atom. The molecular formula is C58H118N2O18Si4. The van der Waals surface area contributed by atoms with Gasteiger partial charge in [-0.1, -0.05) is 40.9 Å². The maximum Gasteiger partial charge on any atom is 0.407 e. The monoisotopic (exact) mass is 1240 g/mol. The summed E-state index contributed by atoms with van der Waals surface area (Å²) >= 11 is 0. The second-order valence-corrected chi connectivity index (χ2v) is 41.4. The van der Waals surface area contributed by atoms with E-state index >= 15 is 0 Å². The lowest BCUT2D eigenvalue weighted by atomic mass is 9.70. The fourth-order valence-corrected chi connectivity index (χ4v) is 25.4. The average molecular weight is 1240 g/mol. The fraction of sp³-hybridized carbons (Fsp3) is 0.828. The number of ketones is 3. The van der Waals surface area contributed by atoms with Gasteiger partial charge in [0.2, 0.25) is 8.32 Å². The number of carbonyl (C=O) groups is 6. The summed E-state index contributed by atoms with van der Waals surface area (Å²) in [6, 6.07) is 2.34. The van der Waals surface area contributed by atoms with E-state index in [0.717, 1.165) is 70.1 Å². The fourth-order valence-electron chi connectivity index (χ4n) is 8.47. The Hall–Kier alpha value is -2.99. The molecule has 0 spiro atoms. The number of aliphatic hydroxyl groups is 2. The Labute approximate surface area is 500 Å². The van der Waals surface area contributed by atoms with E-state index in [1.54, 1.807) is 49.2 Å². The van der Waals surface area contributed by atoms with Crippen LogP contribution in [0.3, 0.4) is 0 Å². The maximum atomic E-state index is 12.5. The third-order valence-corrected chi connectivity index (χ3v) is 26.0. The van der Waals surface area contributed by atoms with Crippen molar-refractivity contribution in [2.45, 2.75) is 202 Å². The van der Waals surface area contributed by atoms with Crippen LogP contribution in [0, 0.1) is 11.3 Å². The van der Waals surface area contributed by atoms with Gasteiger partial charge in [0.15, 0.2) is 30.7 Å². The minimum absolute atomic E-state index is 0.00441. The van der Waals surface area contributed by atoms with Gasteiger partial charge in [-0.3, -0.25) is 9.59 Å². The number of methoxy groups -OCH3 is 4. The molecule has 0 heterocycles. The lowest BCUT2D eigenvalue weighted by molar-refractivity contribution is -0.139. The molecule has 0 aliphatic heterocycles. The van der Waals surface area contributed by atoms with Gasteiger partial charge in [0.05, 0.1) is 25.9 Å². The van der Waals surface area contributed by atoms with Crippen LogP contribution in [-0.2, 0) is 65.3 Å². The molecule has 1 fully saturated rings. The average Bonchev–Trinajstić information content (AvgIpc) is 3.35. The predicted octanol–water partition coefficient (Wildman–Crippen LogP) is 10.5. The van der Waals surface area contributed by atoms with Crippen LogP contribution in [0.15, 0.2) is 24.3 Å². The highest BCUT2D eigenvalue weighted by Gasteiger charge is 2.38. The van der Waals surface area contributed by atoms with Gasteiger partial charge in [0, 0.05) is 91.9 Å². The molecule has 3 atom stereocenters. The van der Waals surface area contributed by atoms with E-state index < -0.39 is 51.4 Å². The Morgan fingerprint density at radius 3 is 1.71 bits per heavy atom. The zero-order chi connectivity index (χ0) is 64.0. The summed E-state index contributed by atoms with van der Waals surface area (Å²) in [4.78, 5) is 70.1. The van der Waals surface area contributed by atoms with E-state index in [0.29, 0.717) is 69.4 Å². The van der Waals surface area contributed by atoms with Crippen LogP contribution < -0.4 is 10.6 Å². The first kappa shape index (κ1) is 85.5. The number of aliphatic hydroxyl groups excluding tert-OH is 2. The van der Waals surface area contributed by atoms with Crippen molar-refractivity contribution in [2.75, 3.05) is 101 Å². The number of ether oxygens (including phenoxy) is 8. The topological polar surface area (TPSA) is 259 Å². The Kier molecular flexibility index (Phi) is 51.2. The molecule has 1 saturated carbocycles. The molecule has 3 unspecified atom stereocenters. The SMILES string of the molecule is C=C(C)C(=O)COCCC[Si](C)(C)O[Si](C)(C)CCCO.C=C(C)C(=O)OCCCC(=O)C[Si](C)(C)O[Si](C)(C)COC(=O)NCC1CC(NC(=O)OCCOC)CC(C)(C)C1.CCC(O)COC.CCCOC.COCCCC(C)=O. The Balaban J connectivity index is -0.000000606. The molecule has 82 heavy (non-hydrogen) atoms. The van der Waals surface area contributed by atoms with Gasteiger partial charge in [0.25, 0.3) is 0 Å². The highest BCUT2D eigenvalue weighted by molar-refractivity contribution is 6.86. The van der Waals surface area contributed by atoms with Crippen molar-refractivity contribution in [1.82, 2.24) is 10.6 Å². The molecule has 20 nitrogen and oxygen atoms in total. The molecule has 1 aliphatic carbocycles. The number of carbonyl (C=O) groups excluding carboxylic acids is 6. The molecule has 0 bridgehead atoms. The first-order valence-corrected chi connectivity index (χ1v) is 41.6. The zero-order valence-corrected chi connectivity index (χ0v) is 58.8. The van der Waals surface area contributed by atoms with Crippen LogP contribution in [0.5, 0.6) is 0 Å². The number of rotatable bonds is 38. The third-order valence-electron chi connectivity index (χ3n) is 11.9. The van der Waals surface area contributed by atoms with Gasteiger partial charge in [-0.25, -0.2) is 14.4 Å². The molecule has 1 rings (SSSR count). The first-order valence-electron chi connectivity index (χ1n) is 29.1. The van der Waals surface area contributed by atoms with E-state index in [1.165, 1.54) is 0 Å². The van der Waals surface area contributed by atoms with E-state index in [1.807, 2.05) is 33.1 Å². The lowest BCUT2D eigenvalue weighted by Gasteiger charge is -2.40. The lowest BCUT2D eigenvalue weighted by Crippen LogP contribution is -2.49. The largest absolute Gasteiger partial charge is 0.462 e. The summed E-state index contributed by atoms with van der Waals surface area (Å²) in [7, 11) is -1.61. The molecule has 0 radical (unpaired) electrons. The van der Waals surface area contributed by atoms with E-state index in [4.69, 9.17) is 51.6 Å². The van der Waals surface area contributed by atoms with Crippen molar-refractivity contribution in [1.29, 1.82) is 0 Å². The van der Waals surface area contributed by atoms with Gasteiger partial charge in [-0.2, -0.15) is 0 Å². The highest BCUT2D eigenvalue weighted by Crippen LogP contribution is 2.38. The number of amides is 2. The van der Waals surface area contributed by atoms with Crippen molar-refractivity contribution in [2.24, 2.45) is 11.3 Å². The van der Waals surface area contributed by atoms with E-state index in [-0.39, 0.29) is 73.5 Å². The summed E-state index contributed by atoms with van der Waals surface area (Å²) in [6.07, 6.45) is 7.34. The third kappa shape index (κ3) is 56.2. The quantitative estimate of drug-likeness (QED) is 0.0147. The highest BCUT2D eigenvalue weighted by atomic mass is 28.4. The van der Waals surface area contributed by atoms with Crippen LogP contribution in [0.4, 0.5) is 9.59 Å². The van der Waals surface area contributed by atoms with Crippen LogP contribution >= 0.6 is 0 Å². The van der Waals surface area contributed by atoms with Crippen LogP contribution in [0.1, 0.15) is 119 Å². The van der Waals surface area contributed by atoms with Crippen molar-refractivity contribution >= 4 is 68.8 Å². The summed E-state index contributed by atoms with van der Waals surface area (Å²) in [5.74, 6) is 0.0103. The summed E-state index contributed by atoms with van der Waals surface area (Å²) in [5.41, 5.74) is 0.882. The minimum Gasteiger partial charge on any atom is -0.462 e. The normalized spacial score (nSPS) is 15.1. The van der Waals surface area contributed by atoms with Crippen molar-refractivity contribution < 1.29 is 85.1 Å². The second kappa shape index (κ2) is 49.2. The Morgan fingerprint density at radius 2 is 1.22 bits per heavy atom. The summed E-state index contributed by atoms with van der Waals surface area (Å²) in [6.45, 7) is 41.3. The number of hydrogen-bond acceptors (Lipinski definition) is 18. The van der Waals surface area contributed by atoms with Gasteiger partial charge >= 0.3 is 18.2 Å². The van der Waals surface area contributed by atoms with Crippen LogP contribution in [0.2, 0.25) is 70.5 Å². The van der Waals surface area contributed by atoms with E-state index in [2.05, 4.69) is 75.5 Å². The molecule has 1 aliphatic rings. The van der Waals surface area contributed by atoms with Crippen LogP contribution in [0.25, 0.3) is 0 Å². The summed E-state index contributed by atoms with van der Waals surface area (Å²) < 4.78 is 52.9. The molecule has 24 heteroatoms. The van der Waals surface area contributed by atoms with Crippen molar-refractivity contribution in [3.8, 4) is 0 Å². The minimum atomic E-state index is -2.39. The molecule has 0 aromatic rings. The smallest absolute Gasteiger partial charge is 0.407 e. The molecule has 0 aromatic heterocycles. The Bertz CT molecular complexity index is 1770. The molecule has 4 N–H and O–H groups in total. The predicted molar refractivity (Wildman–Crippen MR) is 336 cm³/mol. The number of alkyl carbamates (subject to hydrolysis) is 2. The molecule has 0 aromatic carbocycles.